The van der Waals surface area contributed by atoms with E-state index >= 15 is 0 Å². The molecule has 0 aromatic heterocycles. The molecule has 1 aliphatic rings. The topological polar surface area (TPSA) is 63.4 Å². The van der Waals surface area contributed by atoms with Crippen molar-refractivity contribution in [1.29, 1.82) is 0 Å². The molecule has 1 unspecified atom stereocenters. The van der Waals surface area contributed by atoms with Crippen LogP contribution in [0, 0.1) is 5.92 Å². The number of carbonyl (C=O) groups is 1. The second kappa shape index (κ2) is 3.53. The maximum atomic E-state index is 10.2. The minimum Gasteiger partial charge on any atom is -0.481 e. The van der Waals surface area contributed by atoms with Gasteiger partial charge in [0.15, 0.2) is 0 Å². The van der Waals surface area contributed by atoms with E-state index in [0.29, 0.717) is 13.2 Å². The molecule has 0 aliphatic carbocycles. The Kier molecular flexibility index (Phi) is 2.65. The number of hydrogen-bond acceptors (Lipinski definition) is 2. The maximum Gasteiger partial charge on any atom is 0.303 e. The molecule has 0 bridgehead atoms. The van der Waals surface area contributed by atoms with Gasteiger partial charge in [0.2, 0.25) is 0 Å². The fraction of sp³-hybridized carbons (Fsp3) is 0.833. The van der Waals surface area contributed by atoms with Crippen molar-refractivity contribution in [1.82, 2.24) is 10.6 Å². The summed E-state index contributed by atoms with van der Waals surface area (Å²) in [6, 6.07) is 0. The third kappa shape index (κ3) is 2.33. The van der Waals surface area contributed by atoms with E-state index in [1.165, 1.54) is 0 Å². The third-order valence-electron chi connectivity index (χ3n) is 1.51. The Hall–Kier alpha value is -0.610. The second-order valence-electron chi connectivity index (χ2n) is 2.48. The predicted molar refractivity (Wildman–Crippen MR) is 35.6 cm³/mol. The number of nitrogens with one attached hydrogen (secondary N) is 1. The van der Waals surface area contributed by atoms with Crippen molar-refractivity contribution < 1.29 is 9.90 Å². The molecule has 0 amide bonds. The zero-order chi connectivity index (χ0) is 7.40. The molecule has 1 fully saturated rings. The smallest absolute Gasteiger partial charge is 0.303 e. The van der Waals surface area contributed by atoms with Crippen molar-refractivity contribution in [3.8, 4) is 0 Å². The standard InChI is InChI=1S/C6H11N2O2/c9-6(10)1-5-2-7-4-8-3-5/h5,7H,1-4H2,(H,9,10). The lowest BCUT2D eigenvalue weighted by atomic mass is 10.1. The molecule has 1 radical (unpaired) electrons. The number of aliphatic carboxylic acids is 1. The normalized spacial score (nSPS) is 20.8. The first kappa shape index (κ1) is 7.50. The third-order valence-corrected chi connectivity index (χ3v) is 1.51. The van der Waals surface area contributed by atoms with Crippen LogP contribution in [-0.4, -0.2) is 30.8 Å². The lowest BCUT2D eigenvalue weighted by molar-refractivity contribution is -0.138. The summed E-state index contributed by atoms with van der Waals surface area (Å²) in [5, 5.41) is 15.4. The Morgan fingerprint density at radius 2 is 2.60 bits per heavy atom. The lowest BCUT2D eigenvalue weighted by Gasteiger charge is -2.20. The summed E-state index contributed by atoms with van der Waals surface area (Å²) >= 11 is 0. The summed E-state index contributed by atoms with van der Waals surface area (Å²) in [4.78, 5) is 10.2. The highest BCUT2D eigenvalue weighted by Crippen LogP contribution is 2.02. The van der Waals surface area contributed by atoms with Crippen LogP contribution in [0.3, 0.4) is 0 Å². The molecule has 0 saturated carbocycles. The summed E-state index contributed by atoms with van der Waals surface area (Å²) in [6.07, 6.45) is 0.233. The van der Waals surface area contributed by atoms with Gasteiger partial charge in [0.05, 0.1) is 13.1 Å². The van der Waals surface area contributed by atoms with Crippen LogP contribution in [0.1, 0.15) is 6.42 Å². The summed E-state index contributed by atoms with van der Waals surface area (Å²) in [7, 11) is 0. The van der Waals surface area contributed by atoms with Gasteiger partial charge in [-0.2, -0.15) is 0 Å². The van der Waals surface area contributed by atoms with E-state index in [4.69, 9.17) is 5.11 Å². The minimum absolute atomic E-state index is 0.200. The Morgan fingerprint density at radius 3 is 3.10 bits per heavy atom. The van der Waals surface area contributed by atoms with Crippen LogP contribution in [0.15, 0.2) is 0 Å². The molecule has 1 aliphatic heterocycles. The molecular formula is C6H11N2O2. The zero-order valence-corrected chi connectivity index (χ0v) is 5.71. The molecular weight excluding hydrogens is 132 g/mol. The van der Waals surface area contributed by atoms with Crippen LogP contribution in [0.2, 0.25) is 0 Å². The molecule has 1 atom stereocenters. The first-order valence-corrected chi connectivity index (χ1v) is 3.35. The molecule has 1 saturated heterocycles. The van der Waals surface area contributed by atoms with Gasteiger partial charge in [-0.3, -0.25) is 4.79 Å². The van der Waals surface area contributed by atoms with Gasteiger partial charge in [-0.15, -0.1) is 0 Å². The van der Waals surface area contributed by atoms with Gasteiger partial charge in [0.1, 0.15) is 0 Å². The molecule has 4 heteroatoms. The zero-order valence-electron chi connectivity index (χ0n) is 5.71. The molecule has 0 aromatic rings. The lowest BCUT2D eigenvalue weighted by Crippen LogP contribution is -2.40. The highest BCUT2D eigenvalue weighted by Gasteiger charge is 2.15. The monoisotopic (exact) mass is 143 g/mol. The first-order chi connectivity index (χ1) is 4.79. The average molecular weight is 143 g/mol. The first-order valence-electron chi connectivity index (χ1n) is 3.35. The van der Waals surface area contributed by atoms with E-state index in [-0.39, 0.29) is 12.3 Å². The highest BCUT2D eigenvalue weighted by molar-refractivity contribution is 5.67. The SMILES string of the molecule is O=C(O)CC1C[N]CNC1. The van der Waals surface area contributed by atoms with Gasteiger partial charge < -0.3 is 10.4 Å². The fourth-order valence-corrected chi connectivity index (χ4v) is 1.04. The molecule has 4 nitrogen and oxygen atoms in total. The van der Waals surface area contributed by atoms with Crippen molar-refractivity contribution >= 4 is 5.97 Å². The Bertz CT molecular complexity index is 121. The van der Waals surface area contributed by atoms with E-state index in [1.807, 2.05) is 0 Å². The largest absolute Gasteiger partial charge is 0.481 e. The van der Waals surface area contributed by atoms with E-state index in [1.54, 1.807) is 0 Å². The quantitative estimate of drug-likeness (QED) is 0.534. The molecule has 10 heavy (non-hydrogen) atoms. The van der Waals surface area contributed by atoms with Gasteiger partial charge in [-0.25, -0.2) is 5.32 Å². The number of carboxylic acid groups (broad SMARTS) is 1. The fourth-order valence-electron chi connectivity index (χ4n) is 1.04. The Labute approximate surface area is 59.6 Å². The number of hydrogen-bond donors (Lipinski definition) is 2. The molecule has 0 spiro atoms. The van der Waals surface area contributed by atoms with E-state index in [2.05, 4.69) is 10.6 Å². The number of carboxylic acids is 1. The van der Waals surface area contributed by atoms with Crippen LogP contribution >= 0.6 is 0 Å². The molecule has 0 aromatic carbocycles. The summed E-state index contributed by atoms with van der Waals surface area (Å²) in [5.74, 6) is -0.532. The second-order valence-corrected chi connectivity index (χ2v) is 2.48. The predicted octanol–water partition coefficient (Wildman–Crippen LogP) is -0.758. The van der Waals surface area contributed by atoms with E-state index in [9.17, 15) is 4.79 Å². The molecule has 1 heterocycles. The van der Waals surface area contributed by atoms with Gasteiger partial charge in [0.25, 0.3) is 0 Å². The van der Waals surface area contributed by atoms with E-state index in [0.717, 1.165) is 6.54 Å². The van der Waals surface area contributed by atoms with Crippen LogP contribution in [0.4, 0.5) is 0 Å². The number of rotatable bonds is 2. The van der Waals surface area contributed by atoms with Crippen molar-refractivity contribution in [2.24, 2.45) is 5.92 Å². The summed E-state index contributed by atoms with van der Waals surface area (Å²) in [6.45, 7) is 2.16. The van der Waals surface area contributed by atoms with Crippen molar-refractivity contribution in [2.45, 2.75) is 6.42 Å². The summed E-state index contributed by atoms with van der Waals surface area (Å²) in [5.41, 5.74) is 0. The Balaban J connectivity index is 2.19. The number of nitrogens with zero attached hydrogens (tertiary/aromatic N) is 1. The molecule has 1 rings (SSSR count). The van der Waals surface area contributed by atoms with Crippen LogP contribution in [0.25, 0.3) is 0 Å². The minimum atomic E-state index is -0.732. The van der Waals surface area contributed by atoms with Crippen LogP contribution in [-0.2, 0) is 4.79 Å². The van der Waals surface area contributed by atoms with Gasteiger partial charge in [-0.05, 0) is 5.92 Å². The maximum absolute atomic E-state index is 10.2. The van der Waals surface area contributed by atoms with Gasteiger partial charge in [-0.1, -0.05) is 0 Å². The van der Waals surface area contributed by atoms with Gasteiger partial charge in [0, 0.05) is 13.1 Å². The van der Waals surface area contributed by atoms with Crippen molar-refractivity contribution in [3.05, 3.63) is 0 Å². The highest BCUT2D eigenvalue weighted by atomic mass is 16.4. The van der Waals surface area contributed by atoms with Crippen molar-refractivity contribution in [2.75, 3.05) is 19.8 Å². The molecule has 57 valence electrons. The van der Waals surface area contributed by atoms with Gasteiger partial charge >= 0.3 is 5.97 Å². The molecule has 2 N–H and O–H groups in total. The van der Waals surface area contributed by atoms with E-state index < -0.39 is 5.97 Å². The van der Waals surface area contributed by atoms with Crippen LogP contribution in [0.5, 0.6) is 0 Å². The average Bonchev–Trinajstić information content (AvgIpc) is 1.88. The van der Waals surface area contributed by atoms with Crippen molar-refractivity contribution in [3.63, 3.8) is 0 Å². The summed E-state index contributed by atoms with van der Waals surface area (Å²) < 4.78 is 0. The van der Waals surface area contributed by atoms with Crippen LogP contribution < -0.4 is 10.6 Å². The Morgan fingerprint density at radius 1 is 1.80 bits per heavy atom.